The molecule has 4 aromatic heterocycles. The number of hydrogen-bond acceptors (Lipinski definition) is 9. The van der Waals surface area contributed by atoms with Crippen molar-refractivity contribution in [2.75, 3.05) is 31.2 Å². The van der Waals surface area contributed by atoms with Gasteiger partial charge < -0.3 is 20.5 Å². The molecule has 5 aromatic rings. The van der Waals surface area contributed by atoms with Gasteiger partial charge in [0, 0.05) is 54.6 Å². The molecule has 0 spiro atoms. The smallest absolute Gasteiger partial charge is 0.225 e. The highest BCUT2D eigenvalue weighted by atomic mass is 19.1. The molecule has 0 amide bonds. The van der Waals surface area contributed by atoms with Crippen LogP contribution in [-0.2, 0) is 10.3 Å². The first-order valence-corrected chi connectivity index (χ1v) is 13.8. The van der Waals surface area contributed by atoms with Crippen LogP contribution in [0.1, 0.15) is 36.2 Å². The highest BCUT2D eigenvalue weighted by molar-refractivity contribution is 5.80. The van der Waals surface area contributed by atoms with E-state index in [4.69, 9.17) is 10.5 Å². The van der Waals surface area contributed by atoms with Gasteiger partial charge in [0.2, 0.25) is 5.95 Å². The van der Waals surface area contributed by atoms with Crippen LogP contribution in [0.4, 0.5) is 10.3 Å². The van der Waals surface area contributed by atoms with Crippen molar-refractivity contribution in [3.63, 3.8) is 0 Å². The normalized spacial score (nSPS) is 20.6. The molecule has 3 N–H and O–H groups in total. The summed E-state index contributed by atoms with van der Waals surface area (Å²) >= 11 is 0. The van der Waals surface area contributed by atoms with E-state index in [1.807, 2.05) is 23.8 Å². The molecular weight excluding hydrogens is 537 g/mol. The fourth-order valence-corrected chi connectivity index (χ4v) is 5.57. The van der Waals surface area contributed by atoms with E-state index in [1.165, 1.54) is 12.1 Å². The molecule has 3 atom stereocenters. The molecule has 11 nitrogen and oxygen atoms in total. The molecule has 1 aromatic carbocycles. The number of halogens is 1. The number of aromatic nitrogens is 7. The molecule has 2 aliphatic heterocycles. The fourth-order valence-electron chi connectivity index (χ4n) is 5.57. The van der Waals surface area contributed by atoms with Crippen molar-refractivity contribution in [1.82, 2.24) is 34.3 Å². The molecule has 0 aliphatic carbocycles. The lowest BCUT2D eigenvalue weighted by atomic mass is 9.87. The maximum atomic E-state index is 13.4. The van der Waals surface area contributed by atoms with E-state index in [0.29, 0.717) is 25.7 Å². The predicted octanol–water partition coefficient (Wildman–Crippen LogP) is 2.97. The van der Waals surface area contributed by atoms with Crippen molar-refractivity contribution in [3.05, 3.63) is 96.4 Å². The highest BCUT2D eigenvalue weighted by Crippen LogP contribution is 2.31. The number of aliphatic hydroxyl groups excluding tert-OH is 1. The molecule has 2 aliphatic rings. The summed E-state index contributed by atoms with van der Waals surface area (Å²) in [5.74, 6) is 0.319. The summed E-state index contributed by atoms with van der Waals surface area (Å²) in [6.07, 6.45) is 13.1. The molecule has 0 saturated carbocycles. The molecule has 1 saturated heterocycles. The Labute approximate surface area is 241 Å². The topological polar surface area (TPSA) is 133 Å². The van der Waals surface area contributed by atoms with E-state index in [1.54, 1.807) is 41.7 Å². The standard InChI is InChI=1S/C30H30FN9O2/c1-30(32,22-2-4-24(31)5-3-22)23-12-33-29(34-13-23)38-8-6-19(7-9-38)28-25-10-20(14-39(25)37-18-35-28)21-11-36-40(15-21)26-16-42-17-27(26)41/h2-6,10-15,18,26-27,41H,7-9,16-17,32H2,1H3/t26-,27-,30+/m1/s1. The number of fused-ring (bicyclic) bond motifs is 1. The minimum atomic E-state index is -0.847. The lowest BCUT2D eigenvalue weighted by molar-refractivity contribution is 0.118. The summed E-state index contributed by atoms with van der Waals surface area (Å²) in [4.78, 5) is 15.9. The second kappa shape index (κ2) is 10.4. The molecule has 0 bridgehead atoms. The minimum Gasteiger partial charge on any atom is -0.388 e. The summed E-state index contributed by atoms with van der Waals surface area (Å²) in [6, 6.07) is 8.06. The quantitative estimate of drug-likeness (QED) is 0.318. The van der Waals surface area contributed by atoms with Gasteiger partial charge in [0.05, 0.1) is 36.2 Å². The van der Waals surface area contributed by atoms with Gasteiger partial charge in [0.15, 0.2) is 0 Å². The molecule has 42 heavy (non-hydrogen) atoms. The number of hydrogen-bond donors (Lipinski definition) is 2. The van der Waals surface area contributed by atoms with Crippen molar-refractivity contribution in [3.8, 4) is 11.1 Å². The second-order valence-corrected chi connectivity index (χ2v) is 11.0. The lowest BCUT2D eigenvalue weighted by Crippen LogP contribution is -2.35. The Kier molecular flexibility index (Phi) is 6.53. The first kappa shape index (κ1) is 26.4. The van der Waals surface area contributed by atoms with Gasteiger partial charge in [0.25, 0.3) is 0 Å². The van der Waals surface area contributed by atoms with Gasteiger partial charge in [-0.1, -0.05) is 18.2 Å². The maximum Gasteiger partial charge on any atom is 0.225 e. The van der Waals surface area contributed by atoms with Crippen LogP contribution in [0.15, 0.2) is 73.7 Å². The summed E-state index contributed by atoms with van der Waals surface area (Å²) in [5.41, 5.74) is 12.1. The van der Waals surface area contributed by atoms with Crippen molar-refractivity contribution >= 4 is 17.0 Å². The van der Waals surface area contributed by atoms with Crippen LogP contribution in [0.2, 0.25) is 0 Å². The van der Waals surface area contributed by atoms with Gasteiger partial charge in [-0.3, -0.25) is 4.68 Å². The van der Waals surface area contributed by atoms with Crippen molar-refractivity contribution in [2.24, 2.45) is 5.73 Å². The third-order valence-corrected chi connectivity index (χ3v) is 8.18. The van der Waals surface area contributed by atoms with E-state index in [-0.39, 0.29) is 11.9 Å². The first-order valence-electron chi connectivity index (χ1n) is 13.8. The Morgan fingerprint density at radius 2 is 1.81 bits per heavy atom. The summed E-state index contributed by atoms with van der Waals surface area (Å²) in [7, 11) is 0. The van der Waals surface area contributed by atoms with E-state index >= 15 is 0 Å². The van der Waals surface area contributed by atoms with Crippen LogP contribution in [-0.4, -0.2) is 71.9 Å². The van der Waals surface area contributed by atoms with Crippen molar-refractivity contribution < 1.29 is 14.2 Å². The van der Waals surface area contributed by atoms with Gasteiger partial charge in [-0.25, -0.2) is 23.9 Å². The van der Waals surface area contributed by atoms with Crippen LogP contribution in [0.5, 0.6) is 0 Å². The third-order valence-electron chi connectivity index (χ3n) is 8.18. The van der Waals surface area contributed by atoms with Crippen LogP contribution >= 0.6 is 0 Å². The maximum absolute atomic E-state index is 13.4. The lowest BCUT2D eigenvalue weighted by Gasteiger charge is -2.28. The average molecular weight is 568 g/mol. The predicted molar refractivity (Wildman–Crippen MR) is 154 cm³/mol. The molecular formula is C30H30FN9O2. The molecule has 7 rings (SSSR count). The zero-order valence-corrected chi connectivity index (χ0v) is 23.0. The minimum absolute atomic E-state index is 0.184. The summed E-state index contributed by atoms with van der Waals surface area (Å²) in [6.45, 7) is 3.99. The molecule has 0 radical (unpaired) electrons. The van der Waals surface area contributed by atoms with E-state index < -0.39 is 11.6 Å². The number of benzene rings is 1. The van der Waals surface area contributed by atoms with Crippen molar-refractivity contribution in [1.29, 1.82) is 0 Å². The Bertz CT molecular complexity index is 1760. The zero-order chi connectivity index (χ0) is 28.8. The molecule has 0 unspecified atom stereocenters. The summed E-state index contributed by atoms with van der Waals surface area (Å²) < 4.78 is 22.4. The van der Waals surface area contributed by atoms with E-state index in [0.717, 1.165) is 52.0 Å². The number of aliphatic hydroxyl groups is 1. The Morgan fingerprint density at radius 3 is 2.52 bits per heavy atom. The SMILES string of the molecule is C[C@](N)(c1ccc(F)cc1)c1cnc(N2CC=C(c3ncnn4cc(-c5cnn([C@@H]6COC[C@H]6O)c5)cc34)CC2)nc1. The van der Waals surface area contributed by atoms with E-state index in [9.17, 15) is 9.50 Å². The van der Waals surface area contributed by atoms with Gasteiger partial charge in [0.1, 0.15) is 24.3 Å². The number of nitrogens with two attached hydrogens (primary N) is 1. The highest BCUT2D eigenvalue weighted by Gasteiger charge is 2.29. The fraction of sp³-hybridized carbons (Fsp3) is 0.300. The van der Waals surface area contributed by atoms with Gasteiger partial charge in [-0.05, 0) is 42.7 Å². The monoisotopic (exact) mass is 567 g/mol. The zero-order valence-electron chi connectivity index (χ0n) is 23.0. The number of rotatable bonds is 6. The largest absolute Gasteiger partial charge is 0.388 e. The Morgan fingerprint density at radius 1 is 1.00 bits per heavy atom. The van der Waals surface area contributed by atoms with Crippen molar-refractivity contribution in [2.45, 2.75) is 31.0 Å². The first-order chi connectivity index (χ1) is 20.4. The number of nitrogens with zero attached hydrogens (tertiary/aromatic N) is 8. The van der Waals surface area contributed by atoms with Crippen LogP contribution in [0.3, 0.4) is 0 Å². The van der Waals surface area contributed by atoms with Crippen LogP contribution in [0, 0.1) is 5.82 Å². The van der Waals surface area contributed by atoms with Gasteiger partial charge >= 0.3 is 0 Å². The Hall–Kier alpha value is -4.52. The van der Waals surface area contributed by atoms with Crippen LogP contribution in [0.25, 0.3) is 22.2 Å². The molecule has 1 fully saturated rings. The molecule has 12 heteroatoms. The second-order valence-electron chi connectivity index (χ2n) is 11.0. The number of ether oxygens (including phenoxy) is 1. The van der Waals surface area contributed by atoms with Gasteiger partial charge in [-0.15, -0.1) is 0 Å². The number of anilines is 1. The molecule has 6 heterocycles. The Balaban J connectivity index is 1.09. The third kappa shape index (κ3) is 4.73. The molecule has 214 valence electrons. The average Bonchev–Trinajstić information content (AvgIpc) is 3.77. The van der Waals surface area contributed by atoms with E-state index in [2.05, 4.69) is 42.2 Å². The summed E-state index contributed by atoms with van der Waals surface area (Å²) in [5, 5.41) is 19.1. The van der Waals surface area contributed by atoms with Crippen LogP contribution < -0.4 is 10.6 Å². The van der Waals surface area contributed by atoms with Gasteiger partial charge in [-0.2, -0.15) is 10.2 Å².